The summed E-state index contributed by atoms with van der Waals surface area (Å²) in [5.41, 5.74) is 1.08. The summed E-state index contributed by atoms with van der Waals surface area (Å²) in [6.45, 7) is 1.88. The van der Waals surface area contributed by atoms with Gasteiger partial charge >= 0.3 is 0 Å². The van der Waals surface area contributed by atoms with E-state index in [1.807, 2.05) is 29.2 Å². The number of alkyl halides is 1. The van der Waals surface area contributed by atoms with E-state index < -0.39 is 0 Å². The number of ether oxygens (including phenoxy) is 1. The van der Waals surface area contributed by atoms with E-state index in [1.54, 1.807) is 0 Å². The SMILES string of the molecule is O=C(CCCCCl)N1CCOc2ccccc2C1. The first kappa shape index (κ1) is 13.2. The smallest absolute Gasteiger partial charge is 0.222 e. The van der Waals surface area contributed by atoms with E-state index in [0.29, 0.717) is 32.0 Å². The zero-order valence-electron chi connectivity index (χ0n) is 10.4. The third-order valence-electron chi connectivity index (χ3n) is 3.08. The first-order chi connectivity index (χ1) is 8.81. The van der Waals surface area contributed by atoms with Gasteiger partial charge in [-0.05, 0) is 18.9 Å². The van der Waals surface area contributed by atoms with Crippen LogP contribution in [0.25, 0.3) is 0 Å². The maximum Gasteiger partial charge on any atom is 0.222 e. The molecule has 1 aromatic carbocycles. The van der Waals surface area contributed by atoms with Gasteiger partial charge in [-0.25, -0.2) is 0 Å². The summed E-state index contributed by atoms with van der Waals surface area (Å²) >= 11 is 5.62. The van der Waals surface area contributed by atoms with Crippen LogP contribution in [-0.4, -0.2) is 29.8 Å². The molecule has 0 saturated heterocycles. The lowest BCUT2D eigenvalue weighted by Crippen LogP contribution is -2.32. The van der Waals surface area contributed by atoms with Crippen LogP contribution in [-0.2, 0) is 11.3 Å². The van der Waals surface area contributed by atoms with Gasteiger partial charge in [-0.3, -0.25) is 4.79 Å². The molecule has 0 atom stereocenters. The van der Waals surface area contributed by atoms with Crippen molar-refractivity contribution in [3.05, 3.63) is 29.8 Å². The molecule has 1 amide bonds. The zero-order valence-corrected chi connectivity index (χ0v) is 11.2. The van der Waals surface area contributed by atoms with Crippen LogP contribution in [0.3, 0.4) is 0 Å². The molecule has 0 radical (unpaired) electrons. The number of fused-ring (bicyclic) bond motifs is 1. The Labute approximate surface area is 113 Å². The summed E-state index contributed by atoms with van der Waals surface area (Å²) in [7, 11) is 0. The predicted molar refractivity (Wildman–Crippen MR) is 71.9 cm³/mol. The summed E-state index contributed by atoms with van der Waals surface area (Å²) in [5, 5.41) is 0. The molecule has 3 nitrogen and oxygen atoms in total. The highest BCUT2D eigenvalue weighted by molar-refractivity contribution is 6.17. The Morgan fingerprint density at radius 2 is 2.17 bits per heavy atom. The molecule has 98 valence electrons. The monoisotopic (exact) mass is 267 g/mol. The van der Waals surface area contributed by atoms with Crippen LogP contribution in [0.5, 0.6) is 5.75 Å². The first-order valence-corrected chi connectivity index (χ1v) is 6.89. The summed E-state index contributed by atoms with van der Waals surface area (Å²) < 4.78 is 5.64. The van der Waals surface area contributed by atoms with Crippen molar-refractivity contribution >= 4 is 17.5 Å². The number of rotatable bonds is 4. The fraction of sp³-hybridized carbons (Fsp3) is 0.500. The van der Waals surface area contributed by atoms with Crippen molar-refractivity contribution in [2.75, 3.05) is 19.0 Å². The van der Waals surface area contributed by atoms with Crippen molar-refractivity contribution in [2.24, 2.45) is 0 Å². The summed E-state index contributed by atoms with van der Waals surface area (Å²) in [6, 6.07) is 7.90. The van der Waals surface area contributed by atoms with Gasteiger partial charge in [-0.1, -0.05) is 18.2 Å². The van der Waals surface area contributed by atoms with E-state index in [4.69, 9.17) is 16.3 Å². The van der Waals surface area contributed by atoms with Gasteiger partial charge in [0.05, 0.1) is 6.54 Å². The lowest BCUT2D eigenvalue weighted by Gasteiger charge is -2.19. The number of amides is 1. The van der Waals surface area contributed by atoms with Gasteiger partial charge in [0.1, 0.15) is 12.4 Å². The van der Waals surface area contributed by atoms with Crippen molar-refractivity contribution in [2.45, 2.75) is 25.8 Å². The standard InChI is InChI=1S/C14H18ClNO2/c15-8-4-3-7-14(17)16-9-10-18-13-6-2-1-5-12(13)11-16/h1-2,5-6H,3-4,7-11H2. The second-order valence-electron chi connectivity index (χ2n) is 4.42. The minimum Gasteiger partial charge on any atom is -0.491 e. The second-order valence-corrected chi connectivity index (χ2v) is 4.80. The predicted octanol–water partition coefficient (Wildman–Crippen LogP) is 2.82. The van der Waals surface area contributed by atoms with Gasteiger partial charge in [-0.15, -0.1) is 11.6 Å². The van der Waals surface area contributed by atoms with Crippen LogP contribution < -0.4 is 4.74 Å². The molecule has 1 heterocycles. The zero-order chi connectivity index (χ0) is 12.8. The third kappa shape index (κ3) is 3.39. The third-order valence-corrected chi connectivity index (χ3v) is 3.35. The fourth-order valence-electron chi connectivity index (χ4n) is 2.07. The van der Waals surface area contributed by atoms with Crippen molar-refractivity contribution < 1.29 is 9.53 Å². The largest absolute Gasteiger partial charge is 0.491 e. The van der Waals surface area contributed by atoms with Gasteiger partial charge in [0.15, 0.2) is 0 Å². The molecule has 0 aromatic heterocycles. The molecule has 18 heavy (non-hydrogen) atoms. The van der Waals surface area contributed by atoms with E-state index in [2.05, 4.69) is 0 Å². The van der Waals surface area contributed by atoms with Gasteiger partial charge in [0, 0.05) is 24.4 Å². The second kappa shape index (κ2) is 6.64. The Balaban J connectivity index is 1.97. The number of hydrogen-bond donors (Lipinski definition) is 0. The van der Waals surface area contributed by atoms with Crippen LogP contribution in [0.15, 0.2) is 24.3 Å². The maximum absolute atomic E-state index is 12.1. The molecule has 0 saturated carbocycles. The topological polar surface area (TPSA) is 29.5 Å². The average Bonchev–Trinajstić information content (AvgIpc) is 2.61. The number of carbonyl (C=O) groups excluding carboxylic acids is 1. The molecular formula is C14H18ClNO2. The van der Waals surface area contributed by atoms with Crippen molar-refractivity contribution in [3.8, 4) is 5.75 Å². The van der Waals surface area contributed by atoms with Crippen LogP contribution in [0, 0.1) is 0 Å². The highest BCUT2D eigenvalue weighted by atomic mass is 35.5. The molecule has 1 aliphatic rings. The fourth-order valence-corrected chi connectivity index (χ4v) is 2.26. The average molecular weight is 268 g/mol. The minimum atomic E-state index is 0.195. The number of nitrogens with zero attached hydrogens (tertiary/aromatic N) is 1. The number of carbonyl (C=O) groups is 1. The molecule has 1 aliphatic heterocycles. The molecule has 4 heteroatoms. The van der Waals surface area contributed by atoms with Gasteiger partial charge < -0.3 is 9.64 Å². The number of unbranched alkanes of at least 4 members (excludes halogenated alkanes) is 1. The van der Waals surface area contributed by atoms with E-state index in [9.17, 15) is 4.79 Å². The van der Waals surface area contributed by atoms with E-state index in [-0.39, 0.29) is 5.91 Å². The van der Waals surface area contributed by atoms with Crippen LogP contribution in [0.1, 0.15) is 24.8 Å². The number of hydrogen-bond acceptors (Lipinski definition) is 2. The summed E-state index contributed by atoms with van der Waals surface area (Å²) in [4.78, 5) is 13.9. The van der Waals surface area contributed by atoms with Crippen LogP contribution >= 0.6 is 11.6 Å². The highest BCUT2D eigenvalue weighted by Gasteiger charge is 2.18. The maximum atomic E-state index is 12.1. The first-order valence-electron chi connectivity index (χ1n) is 6.35. The Kier molecular flexibility index (Phi) is 4.88. The summed E-state index contributed by atoms with van der Waals surface area (Å²) in [5.74, 6) is 1.72. The normalized spacial score (nSPS) is 14.6. The lowest BCUT2D eigenvalue weighted by atomic mass is 10.1. The molecule has 0 fully saturated rings. The van der Waals surface area contributed by atoms with Gasteiger partial charge in [0.2, 0.25) is 5.91 Å². The quantitative estimate of drug-likeness (QED) is 0.620. The number of benzene rings is 1. The minimum absolute atomic E-state index is 0.195. The van der Waals surface area contributed by atoms with Crippen molar-refractivity contribution in [1.29, 1.82) is 0 Å². The molecule has 0 unspecified atom stereocenters. The molecular weight excluding hydrogens is 250 g/mol. The van der Waals surface area contributed by atoms with Crippen molar-refractivity contribution in [1.82, 2.24) is 4.90 Å². The lowest BCUT2D eigenvalue weighted by molar-refractivity contribution is -0.132. The van der Waals surface area contributed by atoms with Crippen LogP contribution in [0.4, 0.5) is 0 Å². The van der Waals surface area contributed by atoms with Gasteiger partial charge in [0.25, 0.3) is 0 Å². The van der Waals surface area contributed by atoms with E-state index >= 15 is 0 Å². The molecule has 0 spiro atoms. The Morgan fingerprint density at radius 3 is 3.00 bits per heavy atom. The Morgan fingerprint density at radius 1 is 1.33 bits per heavy atom. The van der Waals surface area contributed by atoms with E-state index in [0.717, 1.165) is 24.2 Å². The molecule has 0 bridgehead atoms. The molecule has 0 N–H and O–H groups in total. The molecule has 0 aliphatic carbocycles. The Bertz CT molecular complexity index is 409. The molecule has 1 aromatic rings. The van der Waals surface area contributed by atoms with Crippen LogP contribution in [0.2, 0.25) is 0 Å². The van der Waals surface area contributed by atoms with Gasteiger partial charge in [-0.2, -0.15) is 0 Å². The molecule has 2 rings (SSSR count). The Hall–Kier alpha value is -1.22. The summed E-state index contributed by atoms with van der Waals surface area (Å²) in [6.07, 6.45) is 2.34. The number of halogens is 1. The van der Waals surface area contributed by atoms with Crippen molar-refractivity contribution in [3.63, 3.8) is 0 Å². The highest BCUT2D eigenvalue weighted by Crippen LogP contribution is 2.22. The number of para-hydroxylation sites is 1. The van der Waals surface area contributed by atoms with E-state index in [1.165, 1.54) is 0 Å².